The smallest absolute Gasteiger partial charge is 0.335 e. The molecule has 0 spiro atoms. The number of carbonyl (C=O) groups excluding carboxylic acids is 2. The molecule has 8 nitrogen and oxygen atoms in total. The maximum Gasteiger partial charge on any atom is 0.335 e. The van der Waals surface area contributed by atoms with Gasteiger partial charge in [-0.05, 0) is 32.0 Å². The fourth-order valence-corrected chi connectivity index (χ4v) is 2.89. The van der Waals surface area contributed by atoms with Crippen LogP contribution in [0.5, 0.6) is 5.75 Å². The Morgan fingerprint density at radius 3 is 2.88 bits per heavy atom. The highest BCUT2D eigenvalue weighted by Crippen LogP contribution is 2.14. The number of piperazine rings is 1. The van der Waals surface area contributed by atoms with Crippen molar-refractivity contribution in [3.05, 3.63) is 29.8 Å². The number of amides is 2. The SMILES string of the molecule is CC(C)N1CCNC(=O)[C@@H]1CC(=O)NCCOc1cccc(C(=O)O)c1. The predicted molar refractivity (Wildman–Crippen MR) is 95.2 cm³/mol. The summed E-state index contributed by atoms with van der Waals surface area (Å²) < 4.78 is 5.45. The van der Waals surface area contributed by atoms with E-state index < -0.39 is 12.0 Å². The van der Waals surface area contributed by atoms with E-state index in [2.05, 4.69) is 10.6 Å². The molecule has 2 amide bonds. The van der Waals surface area contributed by atoms with E-state index in [1.165, 1.54) is 12.1 Å². The summed E-state index contributed by atoms with van der Waals surface area (Å²) in [5, 5.41) is 14.5. The molecule has 1 aliphatic rings. The Kier molecular flexibility index (Phi) is 6.97. The van der Waals surface area contributed by atoms with Gasteiger partial charge in [0.15, 0.2) is 0 Å². The molecule has 0 bridgehead atoms. The van der Waals surface area contributed by atoms with Crippen molar-refractivity contribution in [3.8, 4) is 5.75 Å². The highest BCUT2D eigenvalue weighted by atomic mass is 16.5. The van der Waals surface area contributed by atoms with Gasteiger partial charge in [-0.25, -0.2) is 4.79 Å². The normalized spacial score (nSPS) is 17.7. The average molecular weight is 363 g/mol. The van der Waals surface area contributed by atoms with Gasteiger partial charge in [0.2, 0.25) is 11.8 Å². The molecule has 1 heterocycles. The van der Waals surface area contributed by atoms with Crippen LogP contribution in [0.25, 0.3) is 0 Å². The number of ether oxygens (including phenoxy) is 1. The summed E-state index contributed by atoms with van der Waals surface area (Å²) in [5.74, 6) is -0.941. The summed E-state index contributed by atoms with van der Waals surface area (Å²) in [5.41, 5.74) is 0.142. The molecule has 1 aliphatic heterocycles. The molecule has 1 saturated heterocycles. The third-order valence-corrected chi connectivity index (χ3v) is 4.19. The van der Waals surface area contributed by atoms with Crippen molar-refractivity contribution in [1.82, 2.24) is 15.5 Å². The Labute approximate surface area is 152 Å². The van der Waals surface area contributed by atoms with E-state index in [4.69, 9.17) is 9.84 Å². The zero-order chi connectivity index (χ0) is 19.1. The number of nitrogens with one attached hydrogen (secondary N) is 2. The zero-order valence-corrected chi connectivity index (χ0v) is 15.0. The maximum atomic E-state index is 12.1. The van der Waals surface area contributed by atoms with Crippen LogP contribution in [0.3, 0.4) is 0 Å². The molecule has 26 heavy (non-hydrogen) atoms. The van der Waals surface area contributed by atoms with Gasteiger partial charge in [-0.1, -0.05) is 6.07 Å². The summed E-state index contributed by atoms with van der Waals surface area (Å²) in [6, 6.07) is 5.88. The second-order valence-electron chi connectivity index (χ2n) is 6.37. The Morgan fingerprint density at radius 2 is 2.19 bits per heavy atom. The number of aromatic carboxylic acids is 1. The highest BCUT2D eigenvalue weighted by Gasteiger charge is 2.32. The minimum atomic E-state index is -1.02. The molecule has 0 aliphatic carbocycles. The van der Waals surface area contributed by atoms with Crippen LogP contribution in [-0.4, -0.2) is 66.1 Å². The molecule has 1 aromatic rings. The molecule has 0 saturated carbocycles. The van der Waals surface area contributed by atoms with Crippen molar-refractivity contribution in [1.29, 1.82) is 0 Å². The van der Waals surface area contributed by atoms with E-state index in [0.29, 0.717) is 12.3 Å². The lowest BCUT2D eigenvalue weighted by Crippen LogP contribution is -2.58. The van der Waals surface area contributed by atoms with E-state index in [1.807, 2.05) is 18.7 Å². The summed E-state index contributed by atoms with van der Waals surface area (Å²) in [6.45, 7) is 5.81. The molecule has 0 unspecified atom stereocenters. The van der Waals surface area contributed by atoms with Gasteiger partial charge >= 0.3 is 5.97 Å². The van der Waals surface area contributed by atoms with E-state index in [-0.39, 0.29) is 43.0 Å². The lowest BCUT2D eigenvalue weighted by atomic mass is 10.1. The van der Waals surface area contributed by atoms with E-state index >= 15 is 0 Å². The largest absolute Gasteiger partial charge is 0.492 e. The van der Waals surface area contributed by atoms with Crippen LogP contribution in [0.15, 0.2) is 24.3 Å². The molecule has 1 atom stereocenters. The Bertz CT molecular complexity index is 662. The molecule has 0 aromatic heterocycles. The first kappa shape index (κ1) is 19.7. The van der Waals surface area contributed by atoms with E-state index in [0.717, 1.165) is 6.54 Å². The lowest BCUT2D eigenvalue weighted by molar-refractivity contribution is -0.134. The van der Waals surface area contributed by atoms with Crippen molar-refractivity contribution >= 4 is 17.8 Å². The average Bonchev–Trinajstić information content (AvgIpc) is 2.60. The summed E-state index contributed by atoms with van der Waals surface area (Å²) >= 11 is 0. The van der Waals surface area contributed by atoms with Crippen molar-refractivity contribution in [2.75, 3.05) is 26.2 Å². The second-order valence-corrected chi connectivity index (χ2v) is 6.37. The first-order chi connectivity index (χ1) is 12.4. The monoisotopic (exact) mass is 363 g/mol. The number of carboxylic acid groups (broad SMARTS) is 1. The Morgan fingerprint density at radius 1 is 1.42 bits per heavy atom. The molecular weight excluding hydrogens is 338 g/mol. The second kappa shape index (κ2) is 9.19. The molecule has 3 N–H and O–H groups in total. The van der Waals surface area contributed by atoms with Crippen molar-refractivity contribution in [2.24, 2.45) is 0 Å². The van der Waals surface area contributed by atoms with Crippen LogP contribution in [0.2, 0.25) is 0 Å². The standard InChI is InChI=1S/C18H25N3O5/c1-12(2)21-8-6-20-17(23)15(21)11-16(22)19-7-9-26-14-5-3-4-13(10-14)18(24)25/h3-5,10,12,15H,6-9,11H2,1-2H3,(H,19,22)(H,20,23)(H,24,25)/t15-/m0/s1. The first-order valence-corrected chi connectivity index (χ1v) is 8.65. The molecule has 1 fully saturated rings. The number of carboxylic acids is 1. The first-order valence-electron chi connectivity index (χ1n) is 8.65. The van der Waals surface area contributed by atoms with Crippen LogP contribution in [0, 0.1) is 0 Å². The number of rotatable bonds is 8. The Hall–Kier alpha value is -2.61. The topological polar surface area (TPSA) is 108 Å². The van der Waals surface area contributed by atoms with Crippen LogP contribution >= 0.6 is 0 Å². The molecular formula is C18H25N3O5. The number of hydrogen-bond acceptors (Lipinski definition) is 5. The van der Waals surface area contributed by atoms with Gasteiger partial charge in [-0.2, -0.15) is 0 Å². The summed E-state index contributed by atoms with van der Waals surface area (Å²) in [7, 11) is 0. The zero-order valence-electron chi connectivity index (χ0n) is 15.0. The molecule has 1 aromatic carbocycles. The van der Waals surface area contributed by atoms with Crippen LogP contribution < -0.4 is 15.4 Å². The predicted octanol–water partition coefficient (Wildman–Crippen LogP) is 0.479. The van der Waals surface area contributed by atoms with Gasteiger partial charge in [0, 0.05) is 19.1 Å². The lowest BCUT2D eigenvalue weighted by Gasteiger charge is -2.37. The molecule has 2 rings (SSSR count). The minimum absolute atomic E-state index is 0.0957. The van der Waals surface area contributed by atoms with Gasteiger partial charge < -0.3 is 20.5 Å². The van der Waals surface area contributed by atoms with Gasteiger partial charge in [0.25, 0.3) is 0 Å². The van der Waals surface area contributed by atoms with Gasteiger partial charge in [0.1, 0.15) is 12.4 Å². The summed E-state index contributed by atoms with van der Waals surface area (Å²) in [6.07, 6.45) is 0.0957. The van der Waals surface area contributed by atoms with E-state index in [1.54, 1.807) is 12.1 Å². The number of nitrogens with zero attached hydrogens (tertiary/aromatic N) is 1. The van der Waals surface area contributed by atoms with Gasteiger partial charge in [0.05, 0.1) is 24.6 Å². The van der Waals surface area contributed by atoms with Crippen molar-refractivity contribution in [3.63, 3.8) is 0 Å². The quantitative estimate of drug-likeness (QED) is 0.580. The third-order valence-electron chi connectivity index (χ3n) is 4.19. The van der Waals surface area contributed by atoms with Crippen LogP contribution in [0.4, 0.5) is 0 Å². The van der Waals surface area contributed by atoms with Gasteiger partial charge in [-0.3, -0.25) is 14.5 Å². The van der Waals surface area contributed by atoms with Crippen LogP contribution in [-0.2, 0) is 9.59 Å². The van der Waals surface area contributed by atoms with Crippen molar-refractivity contribution in [2.45, 2.75) is 32.4 Å². The molecule has 142 valence electrons. The Balaban J connectivity index is 1.77. The maximum absolute atomic E-state index is 12.1. The van der Waals surface area contributed by atoms with Gasteiger partial charge in [-0.15, -0.1) is 0 Å². The number of carbonyl (C=O) groups is 3. The fourth-order valence-electron chi connectivity index (χ4n) is 2.89. The van der Waals surface area contributed by atoms with Crippen LogP contribution in [0.1, 0.15) is 30.6 Å². The number of benzene rings is 1. The van der Waals surface area contributed by atoms with E-state index in [9.17, 15) is 14.4 Å². The van der Waals surface area contributed by atoms with Crippen molar-refractivity contribution < 1.29 is 24.2 Å². The number of hydrogen-bond donors (Lipinski definition) is 3. The fraction of sp³-hybridized carbons (Fsp3) is 0.500. The summed E-state index contributed by atoms with van der Waals surface area (Å²) in [4.78, 5) is 37.1. The minimum Gasteiger partial charge on any atom is -0.492 e. The molecule has 8 heteroatoms. The third kappa shape index (κ3) is 5.45. The highest BCUT2D eigenvalue weighted by molar-refractivity contribution is 5.89. The molecule has 0 radical (unpaired) electrons.